The van der Waals surface area contributed by atoms with Crippen molar-refractivity contribution in [1.29, 1.82) is 0 Å². The minimum atomic E-state index is -0.826. The lowest BCUT2D eigenvalue weighted by Gasteiger charge is -2.27. The first-order valence-corrected chi connectivity index (χ1v) is 19.2. The number of pyridine rings is 2. The van der Waals surface area contributed by atoms with Crippen LogP contribution in [0.25, 0.3) is 0 Å². The lowest BCUT2D eigenvalue weighted by Crippen LogP contribution is -2.45. The zero-order valence-electron chi connectivity index (χ0n) is 33.8. The first-order valence-electron chi connectivity index (χ1n) is 17.7. The normalized spacial score (nSPS) is 18.4. The number of rotatable bonds is 8. The van der Waals surface area contributed by atoms with E-state index >= 15 is 0 Å². The van der Waals surface area contributed by atoms with Gasteiger partial charge >= 0.3 is 12.1 Å². The van der Waals surface area contributed by atoms with Crippen LogP contribution in [0.2, 0.25) is 0 Å². The smallest absolute Gasteiger partial charge is 0.408 e. The van der Waals surface area contributed by atoms with Crippen molar-refractivity contribution in [3.05, 3.63) is 57.0 Å². The number of aliphatic imine (C=N–C) groups is 4. The number of nitrogens with zero attached hydrogens (tertiary/aromatic N) is 6. The highest BCUT2D eigenvalue weighted by Gasteiger charge is 2.31. The molecule has 0 saturated heterocycles. The summed E-state index contributed by atoms with van der Waals surface area (Å²) in [5, 5.41) is 2.51. The molecule has 55 heavy (non-hydrogen) atoms. The van der Waals surface area contributed by atoms with Crippen molar-refractivity contribution >= 4 is 67.5 Å². The molecular formula is C38H55Br2N7O8. The minimum absolute atomic E-state index is 0.00806. The number of halogens is 2. The number of aromatic nitrogens is 2. The largest absolute Gasteiger partial charge is 0.483 e. The van der Waals surface area contributed by atoms with Crippen LogP contribution in [-0.4, -0.2) is 117 Å². The Balaban J connectivity index is 0.000000294. The summed E-state index contributed by atoms with van der Waals surface area (Å²) >= 11 is 6.57. The molecule has 2 aromatic rings. The Kier molecular flexibility index (Phi) is 19.7. The molecule has 17 heteroatoms. The number of ether oxygens (including phenoxy) is 6. The van der Waals surface area contributed by atoms with E-state index in [2.05, 4.69) is 94.8 Å². The third kappa shape index (κ3) is 16.3. The molecule has 0 spiro atoms. The maximum Gasteiger partial charge on any atom is 0.408 e. The van der Waals surface area contributed by atoms with Crippen LogP contribution in [-0.2, 0) is 46.1 Å². The molecule has 2 aliphatic heterocycles. The van der Waals surface area contributed by atoms with Crippen molar-refractivity contribution in [3.8, 4) is 0 Å². The van der Waals surface area contributed by atoms with Crippen LogP contribution in [0, 0.1) is 11.8 Å². The second-order valence-electron chi connectivity index (χ2n) is 13.9. The molecule has 2 aliphatic rings. The number of amides is 1. The monoisotopic (exact) mass is 895 g/mol. The Morgan fingerprint density at radius 1 is 0.764 bits per heavy atom. The van der Waals surface area contributed by atoms with Gasteiger partial charge in [0, 0.05) is 25.2 Å². The molecule has 4 atom stereocenters. The van der Waals surface area contributed by atoms with Gasteiger partial charge < -0.3 is 33.7 Å². The molecule has 0 fully saturated rings. The van der Waals surface area contributed by atoms with E-state index < -0.39 is 23.7 Å². The van der Waals surface area contributed by atoms with Crippen LogP contribution < -0.4 is 5.32 Å². The summed E-state index contributed by atoms with van der Waals surface area (Å²) in [6.45, 7) is 14.1. The summed E-state index contributed by atoms with van der Waals surface area (Å²) in [5.74, 6) is 2.85. The summed E-state index contributed by atoms with van der Waals surface area (Å²) in [7, 11) is 7.78. The molecule has 4 heterocycles. The number of hydrogen-bond donors (Lipinski definition) is 1. The van der Waals surface area contributed by atoms with E-state index in [-0.39, 0.29) is 24.5 Å². The van der Waals surface area contributed by atoms with Crippen molar-refractivity contribution in [2.24, 2.45) is 31.8 Å². The van der Waals surface area contributed by atoms with Crippen LogP contribution >= 0.6 is 31.9 Å². The highest BCUT2D eigenvalue weighted by molar-refractivity contribution is 9.10. The average Bonchev–Trinajstić information content (AvgIpc) is 3.15. The van der Waals surface area contributed by atoms with Crippen molar-refractivity contribution in [2.45, 2.75) is 91.1 Å². The number of alkyl carbamates (subject to hydrolysis) is 1. The number of hydrogen-bond acceptors (Lipinski definition) is 14. The summed E-state index contributed by atoms with van der Waals surface area (Å²) in [6.07, 6.45) is 3.74. The number of esters is 1. The molecule has 1 amide bonds. The Labute approximate surface area is 341 Å². The maximum atomic E-state index is 11.8. The van der Waals surface area contributed by atoms with E-state index in [0.29, 0.717) is 53.0 Å². The fraction of sp³-hybridized carbons (Fsp3) is 0.579. The third-order valence-electron chi connectivity index (χ3n) is 7.74. The highest BCUT2D eigenvalue weighted by atomic mass is 79.9. The first-order chi connectivity index (χ1) is 25.9. The quantitative estimate of drug-likeness (QED) is 0.229. The van der Waals surface area contributed by atoms with Gasteiger partial charge in [-0.3, -0.25) is 0 Å². The zero-order valence-corrected chi connectivity index (χ0v) is 36.9. The van der Waals surface area contributed by atoms with E-state index in [9.17, 15) is 9.59 Å². The van der Waals surface area contributed by atoms with Gasteiger partial charge in [0.25, 0.3) is 0 Å². The average molecular weight is 898 g/mol. The third-order valence-corrected chi connectivity index (χ3v) is 8.68. The summed E-state index contributed by atoms with van der Waals surface area (Å²) in [5.41, 5.74) is 1.24. The first kappa shape index (κ1) is 47.0. The van der Waals surface area contributed by atoms with Gasteiger partial charge in [-0.05, 0) is 87.7 Å². The Morgan fingerprint density at radius 3 is 1.76 bits per heavy atom. The number of nitrogens with one attached hydrogen (secondary N) is 1. The molecule has 0 aromatic carbocycles. The molecule has 2 aromatic heterocycles. The summed E-state index contributed by atoms with van der Waals surface area (Å²) < 4.78 is 32.4. The van der Waals surface area contributed by atoms with Crippen LogP contribution in [0.1, 0.15) is 59.6 Å². The molecule has 4 rings (SSSR count). The van der Waals surface area contributed by atoms with Crippen molar-refractivity contribution in [1.82, 2.24) is 15.3 Å². The Hall–Kier alpha value is -4.12. The molecule has 0 aliphatic carbocycles. The fourth-order valence-corrected chi connectivity index (χ4v) is 5.49. The lowest BCUT2D eigenvalue weighted by molar-refractivity contribution is -0.143. The van der Waals surface area contributed by atoms with Crippen molar-refractivity contribution in [2.75, 3.05) is 42.1 Å². The number of carbonyl (C=O) groups is 2. The van der Waals surface area contributed by atoms with Crippen LogP contribution in [0.15, 0.2) is 65.8 Å². The second-order valence-corrected chi connectivity index (χ2v) is 15.6. The van der Waals surface area contributed by atoms with Gasteiger partial charge in [-0.2, -0.15) is 0 Å². The van der Waals surface area contributed by atoms with Crippen LogP contribution in [0.4, 0.5) is 4.79 Å². The molecular weight excluding hydrogens is 842 g/mol. The lowest BCUT2D eigenvalue weighted by atomic mass is 10.0. The van der Waals surface area contributed by atoms with Crippen molar-refractivity contribution < 1.29 is 38.0 Å². The van der Waals surface area contributed by atoms with Gasteiger partial charge in [0.1, 0.15) is 45.5 Å². The van der Waals surface area contributed by atoms with Gasteiger partial charge in [0.15, 0.2) is 0 Å². The molecule has 1 N–H and O–H groups in total. The SMILES string of the molecule is COC(=O)[C@H](Cc1ccc(Br)nc1)NC(=O)OC(C)(C)C.COC1=N[C@H](C(C)C)C(OC)=NC1.COC1=N[C@H](C(C)C)C(OC)=N[C@H]1Cc1ccc(Br)nc1. The van der Waals surface area contributed by atoms with E-state index in [1.807, 2.05) is 24.4 Å². The predicted octanol–water partition coefficient (Wildman–Crippen LogP) is 6.45. The van der Waals surface area contributed by atoms with Gasteiger partial charge in [0.05, 0.1) is 35.5 Å². The van der Waals surface area contributed by atoms with E-state index in [1.165, 1.54) is 7.11 Å². The van der Waals surface area contributed by atoms with Gasteiger partial charge in [0.2, 0.25) is 23.6 Å². The second kappa shape index (κ2) is 23.1. The Morgan fingerprint density at radius 2 is 1.31 bits per heavy atom. The van der Waals surface area contributed by atoms with Gasteiger partial charge in [-0.15, -0.1) is 0 Å². The van der Waals surface area contributed by atoms with Crippen LogP contribution in [0.3, 0.4) is 0 Å². The molecule has 304 valence electrons. The predicted molar refractivity (Wildman–Crippen MR) is 220 cm³/mol. The standard InChI is InChI=1S/C15H20BrN3O2.C14H19BrN2O4.C9H16N2O2/c1-9(2)13-15(21-4)18-11(14(19-13)20-3)7-10-5-6-12(16)17-8-10;1-14(2,3)21-13(19)17-10(12(18)20-4)7-9-5-6-11(15)16-8-9;1-6(2)8-9(13-4)10-5-7(11-8)12-3/h5-6,8-9,11,13H,7H2,1-4H3;5-6,8,10H,7H2,1-4H3,(H,17,19);6,8H,5H2,1-4H3/t11-,13+;10-;8-/m001/s1. The van der Waals surface area contributed by atoms with E-state index in [4.69, 9.17) is 28.4 Å². The minimum Gasteiger partial charge on any atom is -0.483 e. The summed E-state index contributed by atoms with van der Waals surface area (Å²) in [4.78, 5) is 49.8. The molecule has 0 unspecified atom stereocenters. The highest BCUT2D eigenvalue weighted by Crippen LogP contribution is 2.20. The van der Waals surface area contributed by atoms with Gasteiger partial charge in [-0.1, -0.05) is 39.8 Å². The topological polar surface area (TPSA) is 177 Å². The molecule has 15 nitrogen and oxygen atoms in total. The van der Waals surface area contributed by atoms with E-state index in [0.717, 1.165) is 15.7 Å². The number of carbonyl (C=O) groups excluding carboxylic acids is 2. The molecule has 0 radical (unpaired) electrons. The zero-order chi connectivity index (χ0) is 41.3. The van der Waals surface area contributed by atoms with Crippen molar-refractivity contribution in [3.63, 3.8) is 0 Å². The van der Waals surface area contributed by atoms with E-state index in [1.54, 1.807) is 61.5 Å². The van der Waals surface area contributed by atoms with Crippen LogP contribution in [0.5, 0.6) is 0 Å². The Bertz CT molecular complexity index is 1640. The number of methoxy groups -OCH3 is 5. The maximum absolute atomic E-state index is 11.8. The molecule has 0 bridgehead atoms. The molecule has 0 saturated carbocycles. The summed E-state index contributed by atoms with van der Waals surface area (Å²) in [6, 6.07) is 6.44. The van der Waals surface area contributed by atoms with Gasteiger partial charge in [-0.25, -0.2) is 39.5 Å². The fourth-order valence-electron chi connectivity index (χ4n) is 5.02.